The molecule has 19 heavy (non-hydrogen) atoms. The first-order valence-corrected chi connectivity index (χ1v) is 6.76. The van der Waals surface area contributed by atoms with E-state index in [2.05, 4.69) is 4.29 Å². The molecule has 5 heteroatoms. The number of benzene rings is 1. The second kappa shape index (κ2) is 6.15. The van der Waals surface area contributed by atoms with Crippen LogP contribution in [0.25, 0.3) is 0 Å². The average Bonchev–Trinajstić information content (AvgIpc) is 2.44. The van der Waals surface area contributed by atoms with Crippen LogP contribution in [0.1, 0.15) is 48.0 Å². The molecular weight excluding hydrogens is 268 g/mol. The minimum atomic E-state index is -0.772. The molecule has 2 rings (SSSR count). The summed E-state index contributed by atoms with van der Waals surface area (Å²) in [5.74, 6) is -0.305. The molecule has 1 N–H and O–H groups in total. The zero-order valence-electron chi connectivity index (χ0n) is 10.8. The van der Waals surface area contributed by atoms with Crippen molar-refractivity contribution in [2.45, 2.75) is 45.1 Å². The third kappa shape index (κ3) is 3.13. The van der Waals surface area contributed by atoms with Crippen molar-refractivity contribution in [1.82, 2.24) is 0 Å². The highest BCUT2D eigenvalue weighted by atomic mass is 35.5. The molecule has 0 aliphatic heterocycles. The molecule has 1 saturated carbocycles. The zero-order valence-corrected chi connectivity index (χ0v) is 11.6. The number of phenols is 1. The molecule has 0 spiro atoms. The normalized spacial score (nSPS) is 16.1. The second-order valence-electron chi connectivity index (χ2n) is 4.83. The first-order chi connectivity index (χ1) is 9.13. The summed E-state index contributed by atoms with van der Waals surface area (Å²) in [7, 11) is 0. The van der Waals surface area contributed by atoms with Gasteiger partial charge in [0.15, 0.2) is 0 Å². The summed E-state index contributed by atoms with van der Waals surface area (Å²) in [6, 6.07) is 3.14. The van der Waals surface area contributed by atoms with Gasteiger partial charge in [0.25, 0.3) is 0 Å². The average molecular weight is 285 g/mol. The Kier molecular flexibility index (Phi) is 4.53. The number of ether oxygens (including phenoxy) is 1. The van der Waals surface area contributed by atoms with Crippen LogP contribution in [0.4, 0.5) is 0 Å². The maximum atomic E-state index is 11.3. The molecule has 1 aliphatic carbocycles. The highest BCUT2D eigenvalue weighted by Gasteiger charge is 2.20. The Balaban J connectivity index is 2.18. The van der Waals surface area contributed by atoms with Gasteiger partial charge in [0, 0.05) is 5.56 Å². The van der Waals surface area contributed by atoms with E-state index in [-0.39, 0.29) is 17.4 Å². The summed E-state index contributed by atoms with van der Waals surface area (Å²) >= 11 is 5.01. The Morgan fingerprint density at radius 3 is 2.63 bits per heavy atom. The van der Waals surface area contributed by atoms with E-state index in [1.165, 1.54) is 25.3 Å². The van der Waals surface area contributed by atoms with E-state index in [9.17, 15) is 9.90 Å². The molecule has 1 aromatic carbocycles. The molecule has 0 saturated heterocycles. The van der Waals surface area contributed by atoms with Gasteiger partial charge in [0.2, 0.25) is 0 Å². The molecule has 0 radical (unpaired) electrons. The highest BCUT2D eigenvalue weighted by Crippen LogP contribution is 2.33. The smallest absolute Gasteiger partial charge is 0.360 e. The van der Waals surface area contributed by atoms with Crippen molar-refractivity contribution in [2.24, 2.45) is 0 Å². The lowest BCUT2D eigenvalue weighted by Crippen LogP contribution is -2.20. The van der Waals surface area contributed by atoms with E-state index in [1.54, 1.807) is 13.0 Å². The second-order valence-corrected chi connectivity index (χ2v) is 4.98. The number of phenolic OH excluding ortho intramolecular Hbond substituents is 1. The summed E-state index contributed by atoms with van der Waals surface area (Å²) < 4.78 is 9.98. The standard InChI is InChI=1S/C14H17ClO4/c1-9-12(18-10-5-3-2-4-6-10)8-7-11(13(9)16)14(17)19-15/h7-8,10,16H,2-6H2,1H3. The number of carbonyl (C=O) groups is 1. The van der Waals surface area contributed by atoms with Crippen molar-refractivity contribution in [3.05, 3.63) is 23.3 Å². The minimum Gasteiger partial charge on any atom is -0.507 e. The number of halogens is 1. The zero-order chi connectivity index (χ0) is 13.8. The van der Waals surface area contributed by atoms with E-state index >= 15 is 0 Å². The van der Waals surface area contributed by atoms with Crippen molar-refractivity contribution in [3.8, 4) is 11.5 Å². The van der Waals surface area contributed by atoms with Crippen LogP contribution in [0.15, 0.2) is 12.1 Å². The van der Waals surface area contributed by atoms with Crippen LogP contribution in [0.5, 0.6) is 11.5 Å². The maximum Gasteiger partial charge on any atom is 0.360 e. The van der Waals surface area contributed by atoms with Gasteiger partial charge in [-0.25, -0.2) is 4.79 Å². The Morgan fingerprint density at radius 2 is 2.00 bits per heavy atom. The number of aromatic hydroxyl groups is 1. The van der Waals surface area contributed by atoms with Gasteiger partial charge in [-0.3, -0.25) is 0 Å². The number of hydrogen-bond acceptors (Lipinski definition) is 4. The van der Waals surface area contributed by atoms with E-state index in [0.29, 0.717) is 11.3 Å². The van der Waals surface area contributed by atoms with Gasteiger partial charge in [-0.1, -0.05) is 6.42 Å². The SMILES string of the molecule is Cc1c(OC2CCCCC2)ccc(C(=O)OCl)c1O. The topological polar surface area (TPSA) is 55.8 Å². The third-order valence-corrected chi connectivity index (χ3v) is 3.66. The van der Waals surface area contributed by atoms with Crippen LogP contribution >= 0.6 is 11.9 Å². The lowest BCUT2D eigenvalue weighted by Gasteiger charge is -2.24. The van der Waals surface area contributed by atoms with Gasteiger partial charge >= 0.3 is 5.97 Å². The van der Waals surface area contributed by atoms with Gasteiger partial charge in [-0.15, -0.1) is 0 Å². The number of hydrogen-bond donors (Lipinski definition) is 1. The lowest BCUT2D eigenvalue weighted by molar-refractivity contribution is 0.0748. The predicted octanol–water partition coefficient (Wildman–Crippen LogP) is 3.72. The molecule has 0 amide bonds. The molecule has 1 aromatic rings. The fourth-order valence-electron chi connectivity index (χ4n) is 2.38. The molecule has 0 heterocycles. The summed E-state index contributed by atoms with van der Waals surface area (Å²) in [6.07, 6.45) is 5.86. The molecule has 1 fully saturated rings. The van der Waals surface area contributed by atoms with Crippen molar-refractivity contribution in [1.29, 1.82) is 0 Å². The lowest BCUT2D eigenvalue weighted by atomic mass is 9.97. The fraction of sp³-hybridized carbons (Fsp3) is 0.500. The Morgan fingerprint density at radius 1 is 1.32 bits per heavy atom. The molecular formula is C14H17ClO4. The van der Waals surface area contributed by atoms with Gasteiger partial charge in [-0.05, 0) is 44.7 Å². The van der Waals surface area contributed by atoms with E-state index in [1.807, 2.05) is 0 Å². The summed E-state index contributed by atoms with van der Waals surface area (Å²) in [6.45, 7) is 1.71. The predicted molar refractivity (Wildman–Crippen MR) is 71.6 cm³/mol. The van der Waals surface area contributed by atoms with Crippen LogP contribution in [-0.2, 0) is 4.29 Å². The molecule has 104 valence electrons. The molecule has 0 bridgehead atoms. The molecule has 4 nitrogen and oxygen atoms in total. The fourth-order valence-corrected chi connectivity index (χ4v) is 2.46. The van der Waals surface area contributed by atoms with Gasteiger partial charge in [-0.2, -0.15) is 0 Å². The van der Waals surface area contributed by atoms with Crippen LogP contribution < -0.4 is 4.74 Å². The van der Waals surface area contributed by atoms with Crippen LogP contribution in [-0.4, -0.2) is 17.2 Å². The van der Waals surface area contributed by atoms with Crippen LogP contribution in [0.3, 0.4) is 0 Å². The Hall–Kier alpha value is -1.42. The largest absolute Gasteiger partial charge is 0.507 e. The summed E-state index contributed by atoms with van der Waals surface area (Å²) in [4.78, 5) is 11.3. The summed E-state index contributed by atoms with van der Waals surface area (Å²) in [5, 5.41) is 9.97. The van der Waals surface area contributed by atoms with Gasteiger partial charge in [0.05, 0.1) is 6.10 Å². The van der Waals surface area contributed by atoms with E-state index < -0.39 is 5.97 Å². The highest BCUT2D eigenvalue weighted by molar-refractivity contribution is 6.16. The van der Waals surface area contributed by atoms with E-state index in [0.717, 1.165) is 12.8 Å². The molecule has 1 aliphatic rings. The Labute approximate surface area is 117 Å². The van der Waals surface area contributed by atoms with Crippen molar-refractivity contribution in [3.63, 3.8) is 0 Å². The van der Waals surface area contributed by atoms with Crippen LogP contribution in [0.2, 0.25) is 0 Å². The third-order valence-electron chi connectivity index (χ3n) is 3.52. The van der Waals surface area contributed by atoms with E-state index in [4.69, 9.17) is 16.6 Å². The monoisotopic (exact) mass is 284 g/mol. The van der Waals surface area contributed by atoms with Gasteiger partial charge in [0.1, 0.15) is 28.9 Å². The van der Waals surface area contributed by atoms with Crippen LogP contribution in [0, 0.1) is 6.92 Å². The van der Waals surface area contributed by atoms with Gasteiger partial charge < -0.3 is 14.1 Å². The number of rotatable bonds is 3. The molecule has 0 atom stereocenters. The van der Waals surface area contributed by atoms with Crippen molar-refractivity contribution in [2.75, 3.05) is 0 Å². The first kappa shape index (κ1) is 14.0. The quantitative estimate of drug-likeness (QED) is 0.919. The summed E-state index contributed by atoms with van der Waals surface area (Å²) in [5.41, 5.74) is 0.577. The van der Waals surface area contributed by atoms with Crippen molar-refractivity contribution >= 4 is 17.8 Å². The molecule has 0 unspecified atom stereocenters. The first-order valence-electron chi connectivity index (χ1n) is 6.45. The number of carbonyl (C=O) groups excluding carboxylic acids is 1. The molecule has 0 aromatic heterocycles. The minimum absolute atomic E-state index is 0.0449. The Bertz CT molecular complexity index is 467. The maximum absolute atomic E-state index is 11.3. The van der Waals surface area contributed by atoms with Crippen molar-refractivity contribution < 1.29 is 18.9 Å².